The van der Waals surface area contributed by atoms with Crippen LogP contribution in [0.15, 0.2) is 24.3 Å². The molecule has 2 nitrogen and oxygen atoms in total. The maximum absolute atomic E-state index is 6.01. The van der Waals surface area contributed by atoms with Crippen LogP contribution in [0.2, 0.25) is 0 Å². The zero-order valence-corrected chi connectivity index (χ0v) is 11.9. The van der Waals surface area contributed by atoms with E-state index in [1.807, 2.05) is 0 Å². The Kier molecular flexibility index (Phi) is 4.42. The van der Waals surface area contributed by atoms with Gasteiger partial charge < -0.3 is 9.47 Å². The molecule has 1 aliphatic carbocycles. The van der Waals surface area contributed by atoms with Gasteiger partial charge in [0.1, 0.15) is 0 Å². The maximum Gasteiger partial charge on any atom is 0.0849 e. The average molecular weight is 281 g/mol. The highest BCUT2D eigenvalue weighted by Gasteiger charge is 2.27. The minimum atomic E-state index is 0.168. The molecule has 0 amide bonds. The molecule has 1 saturated heterocycles. The average Bonchev–Trinajstić information content (AvgIpc) is 3.30. The van der Waals surface area contributed by atoms with Crippen LogP contribution in [0.5, 0.6) is 0 Å². The van der Waals surface area contributed by atoms with Gasteiger partial charge in [-0.1, -0.05) is 24.3 Å². The summed E-state index contributed by atoms with van der Waals surface area (Å²) in [5.74, 6) is 1.39. The van der Waals surface area contributed by atoms with E-state index in [-0.39, 0.29) is 6.10 Å². The second kappa shape index (κ2) is 6.25. The van der Waals surface area contributed by atoms with Gasteiger partial charge in [-0.25, -0.2) is 0 Å². The van der Waals surface area contributed by atoms with Crippen LogP contribution in [0, 0.1) is 5.92 Å². The van der Waals surface area contributed by atoms with Crippen LogP contribution >= 0.6 is 11.6 Å². The van der Waals surface area contributed by atoms with Crippen LogP contribution in [0.1, 0.15) is 42.9 Å². The molecule has 1 heterocycles. The Hall–Kier alpha value is -0.570. The molecule has 19 heavy (non-hydrogen) atoms. The summed E-state index contributed by atoms with van der Waals surface area (Å²) in [4.78, 5) is 0. The summed E-state index contributed by atoms with van der Waals surface area (Å²) < 4.78 is 11.9. The fourth-order valence-electron chi connectivity index (χ4n) is 2.58. The van der Waals surface area contributed by atoms with E-state index < -0.39 is 0 Å². The molecule has 104 valence electrons. The van der Waals surface area contributed by atoms with Gasteiger partial charge >= 0.3 is 0 Å². The number of rotatable bonds is 5. The second-order valence-electron chi connectivity index (χ2n) is 5.66. The van der Waals surface area contributed by atoms with Crippen LogP contribution in [0.25, 0.3) is 0 Å². The lowest BCUT2D eigenvalue weighted by Crippen LogP contribution is -2.27. The lowest BCUT2D eigenvalue weighted by Gasteiger charge is -2.30. The Bertz CT molecular complexity index is 417. The summed E-state index contributed by atoms with van der Waals surface area (Å²) in [6.45, 7) is 1.74. The van der Waals surface area contributed by atoms with Crippen molar-refractivity contribution in [2.45, 2.75) is 43.8 Å². The predicted octanol–water partition coefficient (Wildman–Crippen LogP) is 4.07. The Morgan fingerprint density at radius 3 is 2.95 bits per heavy atom. The number of halogens is 1. The molecule has 1 aliphatic heterocycles. The van der Waals surface area contributed by atoms with E-state index in [1.54, 1.807) is 0 Å². The second-order valence-corrected chi connectivity index (χ2v) is 5.93. The zero-order chi connectivity index (χ0) is 13.1. The van der Waals surface area contributed by atoms with Crippen LogP contribution in [-0.4, -0.2) is 19.3 Å². The molecule has 1 aromatic carbocycles. The van der Waals surface area contributed by atoms with Crippen LogP contribution in [-0.2, 0) is 15.4 Å². The van der Waals surface area contributed by atoms with Crippen molar-refractivity contribution in [1.82, 2.24) is 0 Å². The molecular formula is C16H21ClO2. The van der Waals surface area contributed by atoms with Crippen molar-refractivity contribution in [3.63, 3.8) is 0 Å². The van der Waals surface area contributed by atoms with Gasteiger partial charge in [-0.2, -0.15) is 0 Å². The van der Waals surface area contributed by atoms with Crippen LogP contribution < -0.4 is 0 Å². The maximum atomic E-state index is 6.01. The fraction of sp³-hybridized carbons (Fsp3) is 0.625. The molecule has 2 fully saturated rings. The third-order valence-electron chi connectivity index (χ3n) is 3.98. The molecule has 2 unspecified atom stereocenters. The smallest absolute Gasteiger partial charge is 0.0849 e. The molecule has 1 aromatic rings. The molecule has 2 atom stereocenters. The quantitative estimate of drug-likeness (QED) is 0.757. The lowest BCUT2D eigenvalue weighted by atomic mass is 9.98. The molecule has 0 radical (unpaired) electrons. The van der Waals surface area contributed by atoms with E-state index in [9.17, 15) is 0 Å². The van der Waals surface area contributed by atoms with Gasteiger partial charge in [0.05, 0.1) is 12.2 Å². The molecule has 1 saturated carbocycles. The monoisotopic (exact) mass is 280 g/mol. The summed E-state index contributed by atoms with van der Waals surface area (Å²) in [7, 11) is 0. The summed E-state index contributed by atoms with van der Waals surface area (Å²) in [6.07, 6.45) is 5.23. The first-order valence-electron chi connectivity index (χ1n) is 7.23. The van der Waals surface area contributed by atoms with Gasteiger partial charge in [-0.15, -0.1) is 11.6 Å². The van der Waals surface area contributed by atoms with E-state index in [0.29, 0.717) is 12.0 Å². The fourth-order valence-corrected chi connectivity index (χ4v) is 2.75. The van der Waals surface area contributed by atoms with E-state index in [1.165, 1.54) is 18.4 Å². The Morgan fingerprint density at radius 2 is 2.16 bits per heavy atom. The number of alkyl halides is 1. The van der Waals surface area contributed by atoms with E-state index in [4.69, 9.17) is 21.1 Å². The molecule has 0 bridgehead atoms. The minimum absolute atomic E-state index is 0.168. The number of ether oxygens (including phenoxy) is 2. The highest BCUT2D eigenvalue weighted by molar-refractivity contribution is 6.17. The molecule has 2 aliphatic rings. The largest absolute Gasteiger partial charge is 0.378 e. The molecule has 3 rings (SSSR count). The predicted molar refractivity (Wildman–Crippen MR) is 76.4 cm³/mol. The summed E-state index contributed by atoms with van der Waals surface area (Å²) in [6, 6.07) is 8.40. The normalized spacial score (nSPS) is 27.4. The van der Waals surface area contributed by atoms with E-state index in [0.717, 1.165) is 37.5 Å². The van der Waals surface area contributed by atoms with Crippen molar-refractivity contribution in [1.29, 1.82) is 0 Å². The number of benzene rings is 1. The van der Waals surface area contributed by atoms with Crippen molar-refractivity contribution in [2.75, 3.05) is 13.2 Å². The van der Waals surface area contributed by atoms with Crippen molar-refractivity contribution in [2.24, 2.45) is 5.92 Å². The van der Waals surface area contributed by atoms with Gasteiger partial charge in [-0.3, -0.25) is 0 Å². The van der Waals surface area contributed by atoms with Gasteiger partial charge in [0.2, 0.25) is 0 Å². The highest BCUT2D eigenvalue weighted by atomic mass is 35.5. The number of hydrogen-bond acceptors (Lipinski definition) is 2. The van der Waals surface area contributed by atoms with Crippen molar-refractivity contribution < 1.29 is 9.47 Å². The van der Waals surface area contributed by atoms with Crippen molar-refractivity contribution >= 4 is 11.6 Å². The first-order valence-corrected chi connectivity index (χ1v) is 7.76. The Labute approximate surface area is 120 Å². The lowest BCUT2D eigenvalue weighted by molar-refractivity contribution is -0.0761. The SMILES string of the molecule is ClCc1cccc(C2CC(OCC3CC3)CCO2)c1. The first-order chi connectivity index (χ1) is 9.35. The standard InChI is InChI=1S/C16H21ClO2/c17-10-13-2-1-3-14(8-13)16-9-15(6-7-18-16)19-11-12-4-5-12/h1-3,8,12,15-16H,4-7,9-11H2. The van der Waals surface area contributed by atoms with Crippen molar-refractivity contribution in [3.8, 4) is 0 Å². The van der Waals surface area contributed by atoms with Gasteiger partial charge in [0, 0.05) is 25.5 Å². The molecule has 0 aromatic heterocycles. The summed E-state index contributed by atoms with van der Waals surface area (Å²) >= 11 is 5.89. The highest BCUT2D eigenvalue weighted by Crippen LogP contribution is 2.33. The van der Waals surface area contributed by atoms with Gasteiger partial charge in [0.25, 0.3) is 0 Å². The Balaban J connectivity index is 1.59. The van der Waals surface area contributed by atoms with E-state index in [2.05, 4.69) is 24.3 Å². The molecular weight excluding hydrogens is 260 g/mol. The third-order valence-corrected chi connectivity index (χ3v) is 4.29. The van der Waals surface area contributed by atoms with Gasteiger partial charge in [0.15, 0.2) is 0 Å². The van der Waals surface area contributed by atoms with Gasteiger partial charge in [-0.05, 0) is 36.3 Å². The summed E-state index contributed by atoms with van der Waals surface area (Å²) in [5.41, 5.74) is 2.39. The minimum Gasteiger partial charge on any atom is -0.378 e. The molecule has 3 heteroatoms. The van der Waals surface area contributed by atoms with Crippen LogP contribution in [0.3, 0.4) is 0 Å². The molecule has 0 N–H and O–H groups in total. The number of hydrogen-bond donors (Lipinski definition) is 0. The zero-order valence-electron chi connectivity index (χ0n) is 11.2. The topological polar surface area (TPSA) is 18.5 Å². The Morgan fingerprint density at radius 1 is 1.26 bits per heavy atom. The van der Waals surface area contributed by atoms with Crippen LogP contribution in [0.4, 0.5) is 0 Å². The first kappa shape index (κ1) is 13.4. The van der Waals surface area contributed by atoms with E-state index >= 15 is 0 Å². The third kappa shape index (κ3) is 3.71. The molecule has 0 spiro atoms. The van der Waals surface area contributed by atoms with Crippen molar-refractivity contribution in [3.05, 3.63) is 35.4 Å². The summed E-state index contributed by atoms with van der Waals surface area (Å²) in [5, 5.41) is 0.